The third-order valence-corrected chi connectivity index (χ3v) is 6.83. The zero-order valence-corrected chi connectivity index (χ0v) is 18.5. The Morgan fingerprint density at radius 3 is 2.55 bits per heavy atom. The van der Waals surface area contributed by atoms with Gasteiger partial charge in [0.1, 0.15) is 0 Å². The first-order valence-corrected chi connectivity index (χ1v) is 11.9. The van der Waals surface area contributed by atoms with Crippen molar-refractivity contribution in [1.82, 2.24) is 20.4 Å². The highest BCUT2D eigenvalue weighted by atomic mass is 16.5. The molecule has 7 heteroatoms. The van der Waals surface area contributed by atoms with Crippen LogP contribution in [0.15, 0.2) is 24.3 Å². The fourth-order valence-electron chi connectivity index (χ4n) is 5.09. The molecule has 0 saturated carbocycles. The molecule has 2 saturated heterocycles. The SMILES string of the molecule is O=C(C[C@@H]1C(=O)NCCN1C1Cc2ccccc2C1)NCCCCCN1CCOCC1. The minimum absolute atomic E-state index is 0.0112. The molecule has 2 N–H and O–H groups in total. The normalized spacial score (nSPS) is 22.8. The van der Waals surface area contributed by atoms with E-state index in [0.717, 1.165) is 71.5 Å². The number of benzene rings is 1. The second kappa shape index (κ2) is 11.1. The van der Waals surface area contributed by atoms with Gasteiger partial charge in [-0.2, -0.15) is 0 Å². The maximum absolute atomic E-state index is 12.6. The highest BCUT2D eigenvalue weighted by molar-refractivity contribution is 5.88. The summed E-state index contributed by atoms with van der Waals surface area (Å²) in [5.41, 5.74) is 2.75. The van der Waals surface area contributed by atoms with E-state index < -0.39 is 0 Å². The van der Waals surface area contributed by atoms with Gasteiger partial charge in [-0.25, -0.2) is 0 Å². The van der Waals surface area contributed by atoms with E-state index in [-0.39, 0.29) is 24.3 Å². The molecular weight excluding hydrogens is 392 g/mol. The number of carbonyl (C=O) groups is 2. The lowest BCUT2D eigenvalue weighted by Crippen LogP contribution is -2.59. The number of unbranched alkanes of at least 4 members (excludes halogenated alkanes) is 2. The lowest BCUT2D eigenvalue weighted by Gasteiger charge is -2.38. The van der Waals surface area contributed by atoms with Crippen LogP contribution in [0.4, 0.5) is 0 Å². The van der Waals surface area contributed by atoms with Gasteiger partial charge in [0.25, 0.3) is 0 Å². The molecule has 31 heavy (non-hydrogen) atoms. The van der Waals surface area contributed by atoms with Crippen LogP contribution in [0.2, 0.25) is 0 Å². The van der Waals surface area contributed by atoms with E-state index in [1.165, 1.54) is 11.1 Å². The zero-order valence-electron chi connectivity index (χ0n) is 18.5. The van der Waals surface area contributed by atoms with E-state index in [0.29, 0.717) is 19.1 Å². The van der Waals surface area contributed by atoms with E-state index in [2.05, 4.69) is 44.7 Å². The number of piperazine rings is 1. The van der Waals surface area contributed by atoms with Crippen LogP contribution in [0.1, 0.15) is 36.8 Å². The molecule has 2 heterocycles. The van der Waals surface area contributed by atoms with E-state index in [1.54, 1.807) is 0 Å². The molecule has 1 aliphatic carbocycles. The van der Waals surface area contributed by atoms with E-state index in [9.17, 15) is 9.59 Å². The van der Waals surface area contributed by atoms with Crippen LogP contribution < -0.4 is 10.6 Å². The van der Waals surface area contributed by atoms with Gasteiger partial charge in [0.2, 0.25) is 11.8 Å². The molecule has 2 amide bonds. The monoisotopic (exact) mass is 428 g/mol. The first-order valence-electron chi connectivity index (χ1n) is 11.9. The topological polar surface area (TPSA) is 73.9 Å². The van der Waals surface area contributed by atoms with Gasteiger partial charge in [0.05, 0.1) is 25.7 Å². The molecule has 1 aromatic rings. The molecule has 0 radical (unpaired) electrons. The fraction of sp³-hybridized carbons (Fsp3) is 0.667. The van der Waals surface area contributed by atoms with Gasteiger partial charge in [0, 0.05) is 38.8 Å². The summed E-state index contributed by atoms with van der Waals surface area (Å²) in [7, 11) is 0. The maximum atomic E-state index is 12.6. The van der Waals surface area contributed by atoms with Gasteiger partial charge >= 0.3 is 0 Å². The summed E-state index contributed by atoms with van der Waals surface area (Å²) in [6, 6.07) is 8.46. The number of hydrogen-bond donors (Lipinski definition) is 2. The van der Waals surface area contributed by atoms with Crippen molar-refractivity contribution < 1.29 is 14.3 Å². The third-order valence-electron chi connectivity index (χ3n) is 6.83. The summed E-state index contributed by atoms with van der Waals surface area (Å²) in [6.45, 7) is 7.01. The Morgan fingerprint density at radius 1 is 1.06 bits per heavy atom. The number of amides is 2. The summed E-state index contributed by atoms with van der Waals surface area (Å²) >= 11 is 0. The molecular formula is C24H36N4O3. The van der Waals surface area contributed by atoms with Crippen LogP contribution in [-0.4, -0.2) is 86.2 Å². The van der Waals surface area contributed by atoms with Crippen LogP contribution in [0.5, 0.6) is 0 Å². The van der Waals surface area contributed by atoms with Gasteiger partial charge in [-0.15, -0.1) is 0 Å². The molecule has 0 bridgehead atoms. The molecule has 0 aromatic heterocycles. The summed E-state index contributed by atoms with van der Waals surface area (Å²) < 4.78 is 5.38. The molecule has 1 aromatic carbocycles. The number of ether oxygens (including phenoxy) is 1. The predicted molar refractivity (Wildman–Crippen MR) is 120 cm³/mol. The van der Waals surface area contributed by atoms with Gasteiger partial charge in [0.15, 0.2) is 0 Å². The Morgan fingerprint density at radius 2 is 1.81 bits per heavy atom. The van der Waals surface area contributed by atoms with Crippen LogP contribution in [-0.2, 0) is 27.2 Å². The van der Waals surface area contributed by atoms with E-state index >= 15 is 0 Å². The molecule has 1 atom stereocenters. The Kier molecular flexibility index (Phi) is 7.94. The van der Waals surface area contributed by atoms with Crippen LogP contribution >= 0.6 is 0 Å². The van der Waals surface area contributed by atoms with Crippen molar-refractivity contribution in [2.75, 3.05) is 52.5 Å². The van der Waals surface area contributed by atoms with Crippen LogP contribution in [0, 0.1) is 0 Å². The van der Waals surface area contributed by atoms with Crippen molar-refractivity contribution in [2.24, 2.45) is 0 Å². The van der Waals surface area contributed by atoms with Crippen molar-refractivity contribution in [2.45, 2.75) is 50.6 Å². The number of fused-ring (bicyclic) bond motifs is 1. The quantitative estimate of drug-likeness (QED) is 0.574. The average Bonchev–Trinajstić information content (AvgIpc) is 3.22. The van der Waals surface area contributed by atoms with Gasteiger partial charge in [-0.3, -0.25) is 19.4 Å². The summed E-state index contributed by atoms with van der Waals surface area (Å²) in [4.78, 5) is 29.9. The first kappa shape index (κ1) is 22.2. The van der Waals surface area contributed by atoms with Gasteiger partial charge < -0.3 is 15.4 Å². The van der Waals surface area contributed by atoms with Crippen molar-refractivity contribution >= 4 is 11.8 Å². The lowest BCUT2D eigenvalue weighted by atomic mass is 10.0. The van der Waals surface area contributed by atoms with Crippen molar-refractivity contribution in [3.05, 3.63) is 35.4 Å². The Hall–Kier alpha value is -1.96. The Balaban J connectivity index is 1.18. The Labute approximate surface area is 185 Å². The lowest BCUT2D eigenvalue weighted by molar-refractivity contribution is -0.135. The molecule has 2 fully saturated rings. The smallest absolute Gasteiger partial charge is 0.237 e. The molecule has 7 nitrogen and oxygen atoms in total. The molecule has 170 valence electrons. The number of morpholine rings is 1. The van der Waals surface area contributed by atoms with E-state index in [4.69, 9.17) is 4.74 Å². The molecule has 0 unspecified atom stereocenters. The second-order valence-corrected chi connectivity index (χ2v) is 8.94. The first-order chi connectivity index (χ1) is 15.2. The van der Waals surface area contributed by atoms with Crippen LogP contribution in [0.3, 0.4) is 0 Å². The number of rotatable bonds is 9. The largest absolute Gasteiger partial charge is 0.379 e. The van der Waals surface area contributed by atoms with E-state index in [1.807, 2.05) is 0 Å². The standard InChI is InChI=1S/C24H36N4O3/c29-23(25-8-4-1-5-10-27-12-14-31-15-13-27)18-22-24(30)26-9-11-28(22)21-16-19-6-2-3-7-20(19)17-21/h2-3,6-7,21-22H,1,4-5,8-18H2,(H,25,29)(H,26,30)/t22-/m1/s1. The minimum Gasteiger partial charge on any atom is -0.379 e. The predicted octanol–water partition coefficient (Wildman–Crippen LogP) is 0.963. The number of carbonyl (C=O) groups excluding carboxylic acids is 2. The summed E-state index contributed by atoms with van der Waals surface area (Å²) in [5.74, 6) is -0.0291. The molecule has 2 aliphatic heterocycles. The number of nitrogens with one attached hydrogen (secondary N) is 2. The molecule has 4 rings (SSSR count). The van der Waals surface area contributed by atoms with Crippen molar-refractivity contribution in [1.29, 1.82) is 0 Å². The summed E-state index contributed by atoms with van der Waals surface area (Å²) in [5, 5.41) is 5.99. The Bertz CT molecular complexity index is 725. The fourth-order valence-corrected chi connectivity index (χ4v) is 5.09. The van der Waals surface area contributed by atoms with Gasteiger partial charge in [-0.05, 0) is 43.4 Å². The highest BCUT2D eigenvalue weighted by Crippen LogP contribution is 2.28. The van der Waals surface area contributed by atoms with Crippen molar-refractivity contribution in [3.63, 3.8) is 0 Å². The van der Waals surface area contributed by atoms with Crippen LogP contribution in [0.25, 0.3) is 0 Å². The van der Waals surface area contributed by atoms with Crippen molar-refractivity contribution in [3.8, 4) is 0 Å². The average molecular weight is 429 g/mol. The number of hydrogen-bond acceptors (Lipinski definition) is 5. The second-order valence-electron chi connectivity index (χ2n) is 8.94. The minimum atomic E-state index is -0.366. The summed E-state index contributed by atoms with van der Waals surface area (Å²) in [6.07, 6.45) is 5.40. The zero-order chi connectivity index (χ0) is 21.5. The molecule has 0 spiro atoms. The molecule has 3 aliphatic rings. The highest BCUT2D eigenvalue weighted by Gasteiger charge is 2.37. The number of nitrogens with zero attached hydrogens (tertiary/aromatic N) is 2. The maximum Gasteiger partial charge on any atom is 0.237 e. The van der Waals surface area contributed by atoms with Gasteiger partial charge in [-0.1, -0.05) is 30.7 Å². The third kappa shape index (κ3) is 6.05.